The van der Waals surface area contributed by atoms with Gasteiger partial charge in [-0.25, -0.2) is 23.1 Å². The molecule has 0 N–H and O–H groups in total. The van der Waals surface area contributed by atoms with Gasteiger partial charge in [0.15, 0.2) is 23.3 Å². The summed E-state index contributed by atoms with van der Waals surface area (Å²) in [6.07, 6.45) is 3.40. The first-order valence-electron chi connectivity index (χ1n) is 7.66. The van der Waals surface area contributed by atoms with Crippen LogP contribution in [0.4, 0.5) is 24.7 Å². The van der Waals surface area contributed by atoms with Gasteiger partial charge in [0.25, 0.3) is 0 Å². The summed E-state index contributed by atoms with van der Waals surface area (Å²) in [7, 11) is 0. The molecule has 1 aromatic heterocycles. The number of hydrogen-bond acceptors (Lipinski definition) is 3. The van der Waals surface area contributed by atoms with Crippen molar-refractivity contribution in [3.05, 3.63) is 46.1 Å². The molecule has 2 heterocycles. The second-order valence-corrected chi connectivity index (χ2v) is 8.29. The first kappa shape index (κ1) is 15.9. The van der Waals surface area contributed by atoms with Crippen molar-refractivity contribution in [1.29, 1.82) is 0 Å². The van der Waals surface area contributed by atoms with Gasteiger partial charge >= 0.3 is 0 Å². The van der Waals surface area contributed by atoms with Crippen LogP contribution in [0.25, 0.3) is 0 Å². The van der Waals surface area contributed by atoms with Gasteiger partial charge in [-0.15, -0.1) is 0 Å². The Balaban J connectivity index is 1.82. The average Bonchev–Trinajstić information content (AvgIpc) is 2.78. The van der Waals surface area contributed by atoms with Gasteiger partial charge < -0.3 is 4.90 Å². The summed E-state index contributed by atoms with van der Waals surface area (Å²) in [5, 5.41) is 0. The predicted molar refractivity (Wildman–Crippen MR) is 87.7 cm³/mol. The lowest BCUT2D eigenvalue weighted by molar-refractivity contribution is 0.0670. The SMILES string of the molecule is CC1(C)CC2(CN(c3cc(F)c(F)c(F)c3)c3ncc(Br)nc32)C1. The second-order valence-electron chi connectivity index (χ2n) is 7.47. The zero-order chi connectivity index (χ0) is 17.3. The smallest absolute Gasteiger partial charge is 0.194 e. The Morgan fingerprint density at radius 1 is 1.12 bits per heavy atom. The Morgan fingerprint density at radius 3 is 2.33 bits per heavy atom. The number of hydrogen-bond donors (Lipinski definition) is 0. The number of benzene rings is 1. The van der Waals surface area contributed by atoms with Crippen LogP contribution in [-0.2, 0) is 5.41 Å². The Bertz CT molecular complexity index is 822. The van der Waals surface area contributed by atoms with Crippen LogP contribution in [0.2, 0.25) is 0 Å². The van der Waals surface area contributed by atoms with Crippen molar-refractivity contribution in [2.24, 2.45) is 5.41 Å². The summed E-state index contributed by atoms with van der Waals surface area (Å²) in [6, 6.07) is 2.02. The summed E-state index contributed by atoms with van der Waals surface area (Å²) in [6.45, 7) is 4.90. The zero-order valence-corrected chi connectivity index (χ0v) is 14.8. The highest BCUT2D eigenvalue weighted by molar-refractivity contribution is 9.10. The number of fused-ring (bicyclic) bond motifs is 2. The lowest BCUT2D eigenvalue weighted by Crippen LogP contribution is -2.49. The Hall–Kier alpha value is -1.63. The van der Waals surface area contributed by atoms with E-state index < -0.39 is 17.5 Å². The van der Waals surface area contributed by atoms with E-state index in [1.165, 1.54) is 0 Å². The van der Waals surface area contributed by atoms with Crippen LogP contribution >= 0.6 is 15.9 Å². The standard InChI is InChI=1S/C17H15BrF3N3/c1-16(2)6-17(7-16)8-24(15-14(17)23-12(18)5-22-15)9-3-10(19)13(21)11(20)4-9/h3-5H,6-8H2,1-2H3. The fraction of sp³-hybridized carbons (Fsp3) is 0.412. The largest absolute Gasteiger partial charge is 0.324 e. The fourth-order valence-electron chi connectivity index (χ4n) is 4.34. The molecule has 0 saturated heterocycles. The maximum atomic E-state index is 13.7. The number of anilines is 2. The van der Waals surface area contributed by atoms with Crippen LogP contribution in [0.1, 0.15) is 32.4 Å². The van der Waals surface area contributed by atoms with Crippen molar-refractivity contribution < 1.29 is 13.2 Å². The number of aromatic nitrogens is 2. The molecule has 126 valence electrons. The van der Waals surface area contributed by atoms with Gasteiger partial charge in [-0.3, -0.25) is 0 Å². The summed E-state index contributed by atoms with van der Waals surface area (Å²) < 4.78 is 41.2. The molecular weight excluding hydrogens is 383 g/mol. The van der Waals surface area contributed by atoms with E-state index in [1.54, 1.807) is 11.1 Å². The minimum absolute atomic E-state index is 0.184. The predicted octanol–water partition coefficient (Wildman–Crippen LogP) is 4.87. The van der Waals surface area contributed by atoms with Crippen molar-refractivity contribution in [3.63, 3.8) is 0 Å². The molecule has 0 bridgehead atoms. The van der Waals surface area contributed by atoms with E-state index in [2.05, 4.69) is 39.7 Å². The van der Waals surface area contributed by atoms with Crippen molar-refractivity contribution in [3.8, 4) is 0 Å². The van der Waals surface area contributed by atoms with Gasteiger partial charge in [-0.05, 0) is 34.2 Å². The van der Waals surface area contributed by atoms with Crippen LogP contribution in [0.15, 0.2) is 22.9 Å². The molecule has 2 aromatic rings. The molecule has 0 atom stereocenters. The first-order chi connectivity index (χ1) is 11.2. The molecule has 0 radical (unpaired) electrons. The first-order valence-corrected chi connectivity index (χ1v) is 8.45. The third-order valence-corrected chi connectivity index (χ3v) is 5.24. The highest BCUT2D eigenvalue weighted by Gasteiger charge is 2.57. The summed E-state index contributed by atoms with van der Waals surface area (Å²) in [5.41, 5.74) is 1.10. The van der Waals surface area contributed by atoms with E-state index >= 15 is 0 Å². The molecule has 1 aliphatic carbocycles. The van der Waals surface area contributed by atoms with E-state index in [0.717, 1.165) is 30.7 Å². The normalized spacial score (nSPS) is 20.2. The highest BCUT2D eigenvalue weighted by Crippen LogP contribution is 2.60. The van der Waals surface area contributed by atoms with Gasteiger partial charge in [0.1, 0.15) is 4.60 Å². The van der Waals surface area contributed by atoms with Gasteiger partial charge in [-0.1, -0.05) is 13.8 Å². The monoisotopic (exact) mass is 397 g/mol. The van der Waals surface area contributed by atoms with Crippen molar-refractivity contribution >= 4 is 27.4 Å². The van der Waals surface area contributed by atoms with Crippen LogP contribution in [0, 0.1) is 22.9 Å². The minimum atomic E-state index is -1.46. The third kappa shape index (κ3) is 2.24. The fourth-order valence-corrected chi connectivity index (χ4v) is 4.62. The number of nitrogens with zero attached hydrogens (tertiary/aromatic N) is 3. The lowest BCUT2D eigenvalue weighted by atomic mass is 9.54. The van der Waals surface area contributed by atoms with Crippen molar-refractivity contribution in [1.82, 2.24) is 9.97 Å². The minimum Gasteiger partial charge on any atom is -0.324 e. The van der Waals surface area contributed by atoms with E-state index in [0.29, 0.717) is 17.0 Å². The van der Waals surface area contributed by atoms with E-state index in [1.807, 2.05) is 0 Å². The molecular formula is C17H15BrF3N3. The summed E-state index contributed by atoms with van der Waals surface area (Å²) >= 11 is 3.35. The van der Waals surface area contributed by atoms with Crippen molar-refractivity contribution in [2.45, 2.75) is 32.1 Å². The molecule has 1 fully saturated rings. The molecule has 4 rings (SSSR count). The quantitative estimate of drug-likeness (QED) is 0.643. The molecule has 2 aliphatic rings. The van der Waals surface area contributed by atoms with Gasteiger partial charge in [-0.2, -0.15) is 0 Å². The second kappa shape index (κ2) is 4.94. The number of rotatable bonds is 1. The molecule has 1 aliphatic heterocycles. The van der Waals surface area contributed by atoms with E-state index in [-0.39, 0.29) is 16.5 Å². The Kier molecular flexibility index (Phi) is 3.27. The van der Waals surface area contributed by atoms with Crippen LogP contribution in [-0.4, -0.2) is 16.5 Å². The average molecular weight is 398 g/mol. The van der Waals surface area contributed by atoms with Gasteiger partial charge in [0, 0.05) is 29.8 Å². The van der Waals surface area contributed by atoms with E-state index in [4.69, 9.17) is 0 Å². The summed E-state index contributed by atoms with van der Waals surface area (Å²) in [4.78, 5) is 10.7. The van der Waals surface area contributed by atoms with Crippen LogP contribution < -0.4 is 4.90 Å². The molecule has 1 aromatic carbocycles. The lowest BCUT2D eigenvalue weighted by Gasteiger charge is -2.51. The topological polar surface area (TPSA) is 29.0 Å². The summed E-state index contributed by atoms with van der Waals surface area (Å²) in [5.74, 6) is -3.28. The molecule has 1 spiro atoms. The Morgan fingerprint density at radius 2 is 1.75 bits per heavy atom. The number of halogens is 4. The zero-order valence-electron chi connectivity index (χ0n) is 13.2. The van der Waals surface area contributed by atoms with Gasteiger partial charge in [0.05, 0.1) is 11.9 Å². The van der Waals surface area contributed by atoms with E-state index in [9.17, 15) is 13.2 Å². The van der Waals surface area contributed by atoms with Crippen LogP contribution in [0.5, 0.6) is 0 Å². The molecule has 1 saturated carbocycles. The van der Waals surface area contributed by atoms with Crippen molar-refractivity contribution in [2.75, 3.05) is 11.4 Å². The molecule has 0 unspecified atom stereocenters. The maximum Gasteiger partial charge on any atom is 0.194 e. The molecule has 0 amide bonds. The molecule has 7 heteroatoms. The maximum absolute atomic E-state index is 13.7. The molecule has 24 heavy (non-hydrogen) atoms. The third-order valence-electron chi connectivity index (χ3n) is 4.86. The van der Waals surface area contributed by atoms with Crippen LogP contribution in [0.3, 0.4) is 0 Å². The highest BCUT2D eigenvalue weighted by atomic mass is 79.9. The van der Waals surface area contributed by atoms with Gasteiger partial charge in [0.2, 0.25) is 0 Å². The molecule has 3 nitrogen and oxygen atoms in total. The Labute approximate surface area is 146 Å².